The standard InChI is InChI=1S/C17H14N2O4/c1-22-15-7-6-11(9-18-15)10-19-16(20)13-8-12-4-2-3-5-14(12)23-17(13)21/h2-9H,10H2,1H3,(H,19,20). The lowest BCUT2D eigenvalue weighted by Crippen LogP contribution is -2.27. The molecule has 0 atom stereocenters. The molecule has 0 aliphatic heterocycles. The zero-order chi connectivity index (χ0) is 16.2. The van der Waals surface area contributed by atoms with Gasteiger partial charge in [-0.25, -0.2) is 9.78 Å². The Hall–Kier alpha value is -3.15. The molecule has 116 valence electrons. The first-order valence-corrected chi connectivity index (χ1v) is 6.97. The number of para-hydroxylation sites is 1. The first kappa shape index (κ1) is 14.8. The third-order valence-corrected chi connectivity index (χ3v) is 3.35. The third kappa shape index (κ3) is 3.21. The second-order valence-corrected chi connectivity index (χ2v) is 4.88. The molecule has 3 rings (SSSR count). The van der Waals surface area contributed by atoms with E-state index in [-0.39, 0.29) is 12.1 Å². The van der Waals surface area contributed by atoms with Gasteiger partial charge < -0.3 is 14.5 Å². The summed E-state index contributed by atoms with van der Waals surface area (Å²) < 4.78 is 10.1. The van der Waals surface area contributed by atoms with Gasteiger partial charge in [-0.3, -0.25) is 4.79 Å². The fourth-order valence-corrected chi connectivity index (χ4v) is 2.13. The SMILES string of the molecule is COc1ccc(CNC(=O)c2cc3ccccc3oc2=O)cn1. The second-order valence-electron chi connectivity index (χ2n) is 4.88. The minimum atomic E-state index is -0.658. The Balaban J connectivity index is 1.77. The van der Waals surface area contributed by atoms with Crippen LogP contribution < -0.4 is 15.7 Å². The number of rotatable bonds is 4. The quantitative estimate of drug-likeness (QED) is 0.747. The summed E-state index contributed by atoms with van der Waals surface area (Å²) in [5, 5.41) is 3.38. The lowest BCUT2D eigenvalue weighted by atomic mass is 10.1. The number of benzene rings is 1. The van der Waals surface area contributed by atoms with Crippen LogP contribution >= 0.6 is 0 Å². The smallest absolute Gasteiger partial charge is 0.349 e. The second kappa shape index (κ2) is 6.31. The molecular weight excluding hydrogens is 296 g/mol. The number of aromatic nitrogens is 1. The van der Waals surface area contributed by atoms with E-state index in [9.17, 15) is 9.59 Å². The molecule has 0 spiro atoms. The predicted octanol–water partition coefficient (Wildman–Crippen LogP) is 2.13. The van der Waals surface area contributed by atoms with Crippen LogP contribution in [0.4, 0.5) is 0 Å². The van der Waals surface area contributed by atoms with Crippen molar-refractivity contribution < 1.29 is 13.9 Å². The number of methoxy groups -OCH3 is 1. The van der Waals surface area contributed by atoms with Crippen LogP contribution in [0, 0.1) is 0 Å². The van der Waals surface area contributed by atoms with E-state index < -0.39 is 11.5 Å². The van der Waals surface area contributed by atoms with Crippen molar-refractivity contribution in [2.45, 2.75) is 6.54 Å². The number of nitrogens with one attached hydrogen (secondary N) is 1. The molecule has 0 unspecified atom stereocenters. The molecule has 0 fully saturated rings. The molecule has 0 bridgehead atoms. The number of amides is 1. The molecule has 2 aromatic heterocycles. The van der Waals surface area contributed by atoms with Crippen molar-refractivity contribution in [1.29, 1.82) is 0 Å². The summed E-state index contributed by atoms with van der Waals surface area (Å²) in [6.45, 7) is 0.252. The highest BCUT2D eigenvalue weighted by Gasteiger charge is 2.13. The summed E-state index contributed by atoms with van der Waals surface area (Å²) in [5.74, 6) is 0.00979. The average Bonchev–Trinajstić information content (AvgIpc) is 2.59. The van der Waals surface area contributed by atoms with Gasteiger partial charge in [0.25, 0.3) is 5.91 Å². The molecule has 2 heterocycles. The summed E-state index contributed by atoms with van der Waals surface area (Å²) in [6.07, 6.45) is 1.60. The van der Waals surface area contributed by atoms with E-state index >= 15 is 0 Å². The average molecular weight is 310 g/mol. The number of hydrogen-bond acceptors (Lipinski definition) is 5. The molecule has 0 saturated carbocycles. The molecule has 0 radical (unpaired) electrons. The van der Waals surface area contributed by atoms with Crippen LogP contribution in [0.15, 0.2) is 57.9 Å². The van der Waals surface area contributed by atoms with E-state index in [4.69, 9.17) is 9.15 Å². The zero-order valence-corrected chi connectivity index (χ0v) is 12.4. The monoisotopic (exact) mass is 310 g/mol. The molecule has 6 nitrogen and oxygen atoms in total. The van der Waals surface area contributed by atoms with Crippen LogP contribution in [0.25, 0.3) is 11.0 Å². The number of carbonyl (C=O) groups is 1. The molecular formula is C17H14N2O4. The van der Waals surface area contributed by atoms with Gasteiger partial charge >= 0.3 is 5.63 Å². The fourth-order valence-electron chi connectivity index (χ4n) is 2.13. The van der Waals surface area contributed by atoms with E-state index in [0.717, 1.165) is 5.56 Å². The Morgan fingerprint density at radius 2 is 2.09 bits per heavy atom. The van der Waals surface area contributed by atoms with Gasteiger partial charge in [0.1, 0.15) is 11.1 Å². The summed E-state index contributed by atoms with van der Waals surface area (Å²) >= 11 is 0. The van der Waals surface area contributed by atoms with Crippen LogP contribution in [0.5, 0.6) is 5.88 Å². The van der Waals surface area contributed by atoms with Gasteiger partial charge in [0.05, 0.1) is 7.11 Å². The minimum absolute atomic E-state index is 0.0230. The van der Waals surface area contributed by atoms with Crippen molar-refractivity contribution in [3.8, 4) is 5.88 Å². The number of hydrogen-bond donors (Lipinski definition) is 1. The molecule has 23 heavy (non-hydrogen) atoms. The van der Waals surface area contributed by atoms with Crippen molar-refractivity contribution in [1.82, 2.24) is 10.3 Å². The first-order valence-electron chi connectivity index (χ1n) is 6.97. The van der Waals surface area contributed by atoms with E-state index in [0.29, 0.717) is 16.8 Å². The molecule has 1 aromatic carbocycles. The van der Waals surface area contributed by atoms with Crippen molar-refractivity contribution in [3.63, 3.8) is 0 Å². The molecule has 3 aromatic rings. The fraction of sp³-hybridized carbons (Fsp3) is 0.118. The molecule has 0 aliphatic rings. The highest BCUT2D eigenvalue weighted by molar-refractivity contribution is 5.96. The van der Waals surface area contributed by atoms with Crippen molar-refractivity contribution in [2.75, 3.05) is 7.11 Å². The van der Waals surface area contributed by atoms with Gasteiger partial charge in [0, 0.05) is 24.2 Å². The van der Waals surface area contributed by atoms with E-state index in [1.807, 2.05) is 6.07 Å². The number of carbonyl (C=O) groups excluding carboxylic acids is 1. The van der Waals surface area contributed by atoms with Crippen molar-refractivity contribution in [3.05, 3.63) is 70.2 Å². The Morgan fingerprint density at radius 3 is 2.83 bits per heavy atom. The zero-order valence-electron chi connectivity index (χ0n) is 12.4. The number of ether oxygens (including phenoxy) is 1. The van der Waals surface area contributed by atoms with Crippen molar-refractivity contribution >= 4 is 16.9 Å². The van der Waals surface area contributed by atoms with Crippen LogP contribution in [0.2, 0.25) is 0 Å². The van der Waals surface area contributed by atoms with Gasteiger partial charge in [0.2, 0.25) is 5.88 Å². The largest absolute Gasteiger partial charge is 0.481 e. The normalized spacial score (nSPS) is 10.5. The van der Waals surface area contributed by atoms with Gasteiger partial charge in [-0.15, -0.1) is 0 Å². The molecule has 0 saturated heterocycles. The van der Waals surface area contributed by atoms with E-state index in [1.54, 1.807) is 36.5 Å². The van der Waals surface area contributed by atoms with Crippen molar-refractivity contribution in [2.24, 2.45) is 0 Å². The number of fused-ring (bicyclic) bond motifs is 1. The Bertz CT molecular complexity index is 900. The Kier molecular flexibility index (Phi) is 4.05. The van der Waals surface area contributed by atoms with Gasteiger partial charge in [-0.2, -0.15) is 0 Å². The van der Waals surface area contributed by atoms with E-state index in [2.05, 4.69) is 10.3 Å². The molecule has 1 amide bonds. The van der Waals surface area contributed by atoms with Crippen LogP contribution in [0.3, 0.4) is 0 Å². The van der Waals surface area contributed by atoms with Gasteiger partial charge in [0.15, 0.2) is 0 Å². The van der Waals surface area contributed by atoms with Crippen LogP contribution in [-0.4, -0.2) is 18.0 Å². The van der Waals surface area contributed by atoms with Crippen LogP contribution in [-0.2, 0) is 6.54 Å². The first-order chi connectivity index (χ1) is 11.2. The molecule has 0 aliphatic carbocycles. The maximum absolute atomic E-state index is 12.2. The minimum Gasteiger partial charge on any atom is -0.481 e. The maximum Gasteiger partial charge on any atom is 0.349 e. The topological polar surface area (TPSA) is 81.4 Å². The van der Waals surface area contributed by atoms with Gasteiger partial charge in [-0.05, 0) is 17.7 Å². The Morgan fingerprint density at radius 1 is 1.26 bits per heavy atom. The number of nitrogens with zero attached hydrogens (tertiary/aromatic N) is 1. The summed E-state index contributed by atoms with van der Waals surface area (Å²) in [4.78, 5) is 28.2. The Labute approximate surface area is 131 Å². The molecule has 6 heteroatoms. The molecule has 1 N–H and O–H groups in total. The summed E-state index contributed by atoms with van der Waals surface area (Å²) in [7, 11) is 1.53. The summed E-state index contributed by atoms with van der Waals surface area (Å²) in [6, 6.07) is 12.1. The van der Waals surface area contributed by atoms with Crippen LogP contribution in [0.1, 0.15) is 15.9 Å². The van der Waals surface area contributed by atoms with E-state index in [1.165, 1.54) is 13.2 Å². The number of pyridine rings is 1. The maximum atomic E-state index is 12.2. The highest BCUT2D eigenvalue weighted by Crippen LogP contribution is 2.12. The predicted molar refractivity (Wildman–Crippen MR) is 84.4 cm³/mol. The summed E-state index contributed by atoms with van der Waals surface area (Å²) in [5.41, 5.74) is 0.567. The highest BCUT2D eigenvalue weighted by atomic mass is 16.5. The lowest BCUT2D eigenvalue weighted by molar-refractivity contribution is 0.0947. The lowest BCUT2D eigenvalue weighted by Gasteiger charge is -2.06. The van der Waals surface area contributed by atoms with Gasteiger partial charge in [-0.1, -0.05) is 24.3 Å². The third-order valence-electron chi connectivity index (χ3n) is 3.35.